The summed E-state index contributed by atoms with van der Waals surface area (Å²) in [6, 6.07) is 14.7. The number of sulfonamides is 1. The van der Waals surface area contributed by atoms with Crippen LogP contribution in [0.4, 0.5) is 11.4 Å². The van der Waals surface area contributed by atoms with E-state index in [1.54, 1.807) is 54.6 Å². The van der Waals surface area contributed by atoms with E-state index in [2.05, 4.69) is 4.72 Å². The Morgan fingerprint density at radius 1 is 0.889 bits per heavy atom. The molecule has 3 N–H and O–H groups in total. The lowest BCUT2D eigenvalue weighted by Gasteiger charge is -2.07. The Morgan fingerprint density at radius 2 is 1.44 bits per heavy atom. The van der Waals surface area contributed by atoms with Crippen molar-refractivity contribution < 1.29 is 8.42 Å². The molecule has 18 heavy (non-hydrogen) atoms. The summed E-state index contributed by atoms with van der Waals surface area (Å²) in [5.41, 5.74) is 6.60. The first-order valence-electron chi connectivity index (χ1n) is 5.01. The van der Waals surface area contributed by atoms with Gasteiger partial charge in [-0.2, -0.15) is 0 Å². The van der Waals surface area contributed by atoms with Gasteiger partial charge in [-0.25, -0.2) is 8.42 Å². The molecular formula is C12H13ClN2O2S. The fraction of sp³-hybridized carbons (Fsp3) is 0. The highest BCUT2D eigenvalue weighted by atomic mass is 35.5. The predicted octanol–water partition coefficient (Wildman–Crippen LogP) is 2.49. The fourth-order valence-corrected chi connectivity index (χ4v) is 2.44. The van der Waals surface area contributed by atoms with Crippen LogP contribution in [-0.4, -0.2) is 8.42 Å². The summed E-state index contributed by atoms with van der Waals surface area (Å²) in [6.45, 7) is 0. The van der Waals surface area contributed by atoms with E-state index >= 15 is 0 Å². The quantitative estimate of drug-likeness (QED) is 0.851. The standard InChI is InChI=1S/C12H12N2O2S.ClH/c13-10-6-8-11(9-7-10)14-17(15,16)12-4-2-1-3-5-12;/h1-9,14H,13H2;1H. The van der Waals surface area contributed by atoms with E-state index < -0.39 is 10.0 Å². The summed E-state index contributed by atoms with van der Waals surface area (Å²) >= 11 is 0. The minimum atomic E-state index is -3.52. The Labute approximate surface area is 112 Å². The summed E-state index contributed by atoms with van der Waals surface area (Å²) in [7, 11) is -3.52. The van der Waals surface area contributed by atoms with Crippen LogP contribution in [0.3, 0.4) is 0 Å². The number of nitrogens with two attached hydrogens (primary N) is 1. The molecule has 0 aliphatic carbocycles. The molecule has 0 unspecified atom stereocenters. The van der Waals surface area contributed by atoms with Gasteiger partial charge in [-0.05, 0) is 36.4 Å². The zero-order valence-electron chi connectivity index (χ0n) is 9.41. The molecule has 0 atom stereocenters. The highest BCUT2D eigenvalue weighted by molar-refractivity contribution is 7.92. The van der Waals surface area contributed by atoms with Crippen molar-refractivity contribution in [2.75, 3.05) is 10.5 Å². The number of rotatable bonds is 3. The lowest BCUT2D eigenvalue weighted by molar-refractivity contribution is 0.601. The van der Waals surface area contributed by atoms with Gasteiger partial charge >= 0.3 is 0 Å². The number of hydrogen-bond donors (Lipinski definition) is 2. The fourth-order valence-electron chi connectivity index (χ4n) is 1.36. The SMILES string of the molecule is Cl.Nc1ccc(NS(=O)(=O)c2ccccc2)cc1. The second kappa shape index (κ2) is 5.75. The molecule has 0 aliphatic heterocycles. The highest BCUT2D eigenvalue weighted by Crippen LogP contribution is 2.16. The van der Waals surface area contributed by atoms with Crippen molar-refractivity contribution in [2.45, 2.75) is 4.90 Å². The largest absolute Gasteiger partial charge is 0.399 e. The molecule has 4 nitrogen and oxygen atoms in total. The van der Waals surface area contributed by atoms with Gasteiger partial charge in [-0.3, -0.25) is 4.72 Å². The highest BCUT2D eigenvalue weighted by Gasteiger charge is 2.12. The predicted molar refractivity (Wildman–Crippen MR) is 75.4 cm³/mol. The van der Waals surface area contributed by atoms with Crippen LogP contribution in [0.1, 0.15) is 0 Å². The van der Waals surface area contributed by atoms with Crippen molar-refractivity contribution in [2.24, 2.45) is 0 Å². The van der Waals surface area contributed by atoms with E-state index in [0.717, 1.165) is 0 Å². The topological polar surface area (TPSA) is 72.2 Å². The number of nitrogens with one attached hydrogen (secondary N) is 1. The summed E-state index contributed by atoms with van der Waals surface area (Å²) < 4.78 is 26.4. The maximum Gasteiger partial charge on any atom is 0.261 e. The maximum atomic E-state index is 11.9. The van der Waals surface area contributed by atoms with E-state index in [1.165, 1.54) is 0 Å². The van der Waals surface area contributed by atoms with E-state index in [0.29, 0.717) is 11.4 Å². The average Bonchev–Trinajstić information content (AvgIpc) is 2.33. The van der Waals surface area contributed by atoms with Gasteiger partial charge in [0.1, 0.15) is 0 Å². The minimum absolute atomic E-state index is 0. The number of benzene rings is 2. The lowest BCUT2D eigenvalue weighted by atomic mass is 10.3. The lowest BCUT2D eigenvalue weighted by Crippen LogP contribution is -2.12. The Hall–Kier alpha value is -1.72. The van der Waals surface area contributed by atoms with Crippen molar-refractivity contribution in [3.63, 3.8) is 0 Å². The third-order valence-electron chi connectivity index (χ3n) is 2.22. The van der Waals surface area contributed by atoms with Gasteiger partial charge in [0.05, 0.1) is 4.90 Å². The van der Waals surface area contributed by atoms with Crippen molar-refractivity contribution in [1.29, 1.82) is 0 Å². The number of hydrogen-bond acceptors (Lipinski definition) is 3. The van der Waals surface area contributed by atoms with Gasteiger partial charge in [-0.1, -0.05) is 18.2 Å². The van der Waals surface area contributed by atoms with Crippen molar-refractivity contribution >= 4 is 33.8 Å². The normalized spacial score (nSPS) is 10.4. The molecule has 0 heterocycles. The van der Waals surface area contributed by atoms with Gasteiger partial charge in [-0.15, -0.1) is 12.4 Å². The molecule has 0 bridgehead atoms. The van der Waals surface area contributed by atoms with E-state index in [4.69, 9.17) is 5.73 Å². The number of anilines is 2. The number of nitrogen functional groups attached to an aromatic ring is 1. The zero-order chi connectivity index (χ0) is 12.3. The monoisotopic (exact) mass is 284 g/mol. The molecule has 0 aromatic heterocycles. The second-order valence-corrected chi connectivity index (χ2v) is 5.22. The Bertz CT molecular complexity index is 598. The third kappa shape index (κ3) is 3.38. The molecular weight excluding hydrogens is 272 g/mol. The van der Waals surface area contributed by atoms with Crippen molar-refractivity contribution in [1.82, 2.24) is 0 Å². The minimum Gasteiger partial charge on any atom is -0.399 e. The van der Waals surface area contributed by atoms with Crippen LogP contribution in [0.15, 0.2) is 59.5 Å². The molecule has 2 rings (SSSR count). The van der Waals surface area contributed by atoms with Gasteiger partial charge in [0.25, 0.3) is 10.0 Å². The molecule has 96 valence electrons. The molecule has 2 aromatic carbocycles. The second-order valence-electron chi connectivity index (χ2n) is 3.54. The molecule has 0 saturated carbocycles. The van der Waals surface area contributed by atoms with E-state index in [-0.39, 0.29) is 17.3 Å². The molecule has 0 amide bonds. The van der Waals surface area contributed by atoms with Crippen LogP contribution in [0.2, 0.25) is 0 Å². The van der Waals surface area contributed by atoms with Crippen LogP contribution in [0.5, 0.6) is 0 Å². The molecule has 0 fully saturated rings. The summed E-state index contributed by atoms with van der Waals surface area (Å²) in [5.74, 6) is 0. The summed E-state index contributed by atoms with van der Waals surface area (Å²) in [5, 5.41) is 0. The molecule has 0 aliphatic rings. The van der Waals surface area contributed by atoms with Crippen LogP contribution in [0, 0.1) is 0 Å². The average molecular weight is 285 g/mol. The first-order chi connectivity index (χ1) is 8.08. The Kier molecular flexibility index (Phi) is 4.58. The molecule has 0 radical (unpaired) electrons. The first-order valence-corrected chi connectivity index (χ1v) is 6.50. The van der Waals surface area contributed by atoms with Gasteiger partial charge in [0, 0.05) is 11.4 Å². The molecule has 6 heteroatoms. The third-order valence-corrected chi connectivity index (χ3v) is 3.61. The molecule has 0 saturated heterocycles. The van der Waals surface area contributed by atoms with Gasteiger partial charge in [0.2, 0.25) is 0 Å². The summed E-state index contributed by atoms with van der Waals surface area (Å²) in [4.78, 5) is 0.233. The van der Waals surface area contributed by atoms with Crippen molar-refractivity contribution in [3.8, 4) is 0 Å². The molecule has 0 spiro atoms. The van der Waals surface area contributed by atoms with E-state index in [9.17, 15) is 8.42 Å². The molecule has 2 aromatic rings. The number of halogens is 1. The van der Waals surface area contributed by atoms with Crippen LogP contribution < -0.4 is 10.5 Å². The van der Waals surface area contributed by atoms with E-state index in [1.807, 2.05) is 0 Å². The van der Waals surface area contributed by atoms with Gasteiger partial charge < -0.3 is 5.73 Å². The first kappa shape index (κ1) is 14.3. The zero-order valence-corrected chi connectivity index (χ0v) is 11.0. The summed E-state index contributed by atoms with van der Waals surface area (Å²) in [6.07, 6.45) is 0. The Balaban J connectivity index is 0.00000162. The maximum absolute atomic E-state index is 11.9. The van der Waals surface area contributed by atoms with Crippen LogP contribution >= 0.6 is 12.4 Å². The van der Waals surface area contributed by atoms with Crippen LogP contribution in [0.25, 0.3) is 0 Å². The van der Waals surface area contributed by atoms with Crippen molar-refractivity contribution in [3.05, 3.63) is 54.6 Å². The van der Waals surface area contributed by atoms with Gasteiger partial charge in [0.15, 0.2) is 0 Å². The van der Waals surface area contributed by atoms with Crippen LogP contribution in [-0.2, 0) is 10.0 Å². The Morgan fingerprint density at radius 3 is 2.00 bits per heavy atom. The smallest absolute Gasteiger partial charge is 0.261 e.